The highest BCUT2D eigenvalue weighted by Gasteiger charge is 2.37. The second-order valence-electron chi connectivity index (χ2n) is 6.62. The van der Waals surface area contributed by atoms with E-state index in [1.54, 1.807) is 0 Å². The van der Waals surface area contributed by atoms with Crippen molar-refractivity contribution in [2.24, 2.45) is 5.41 Å². The van der Waals surface area contributed by atoms with Crippen LogP contribution in [0.4, 0.5) is 0 Å². The number of rotatable bonds is 16. The Labute approximate surface area is 206 Å². The Morgan fingerprint density at radius 3 is 0.757 bits per heavy atom. The standard InChI is InChI=1S/C21H20O16/c22-13(23)1-5-17(30)34-9-21(10-35-18(31)6-2-14(24)25,11-36-19(32)7-3-15(26)27)12-37-20(33)8-4-16(28)29/h1-8H,9-12H2,(H,22,23)(H,24,25)(H,26,27)(H,28,29). The molecule has 0 aromatic rings. The van der Waals surface area contributed by atoms with Crippen LogP contribution < -0.4 is 0 Å². The summed E-state index contributed by atoms with van der Waals surface area (Å²) in [6.45, 7) is -3.45. The summed E-state index contributed by atoms with van der Waals surface area (Å²) in [5.74, 6) is -10.9. The summed E-state index contributed by atoms with van der Waals surface area (Å²) < 4.78 is 19.4. The summed E-state index contributed by atoms with van der Waals surface area (Å²) in [7, 11) is 0. The van der Waals surface area contributed by atoms with E-state index < -0.39 is 79.6 Å². The van der Waals surface area contributed by atoms with E-state index in [4.69, 9.17) is 39.4 Å². The van der Waals surface area contributed by atoms with E-state index in [-0.39, 0.29) is 0 Å². The normalized spacial score (nSPS) is 12.8. The van der Waals surface area contributed by atoms with Crippen molar-refractivity contribution < 1.29 is 77.7 Å². The number of aliphatic carboxylic acids is 4. The summed E-state index contributed by atoms with van der Waals surface area (Å²) >= 11 is 0. The first kappa shape index (κ1) is 31.7. The van der Waals surface area contributed by atoms with Gasteiger partial charge >= 0.3 is 47.8 Å². The van der Waals surface area contributed by atoms with E-state index in [0.29, 0.717) is 48.6 Å². The average Bonchev–Trinajstić information content (AvgIpc) is 2.82. The van der Waals surface area contributed by atoms with E-state index in [0.717, 1.165) is 0 Å². The fraction of sp³-hybridized carbons (Fsp3) is 0.238. The molecule has 0 aromatic heterocycles. The van der Waals surface area contributed by atoms with Crippen molar-refractivity contribution in [3.05, 3.63) is 48.6 Å². The molecule has 16 heteroatoms. The zero-order valence-electron chi connectivity index (χ0n) is 18.6. The van der Waals surface area contributed by atoms with Gasteiger partial charge in [-0.3, -0.25) is 0 Å². The molecule has 0 rings (SSSR count). The highest BCUT2D eigenvalue weighted by molar-refractivity contribution is 5.92. The molecular formula is C21H20O16. The monoisotopic (exact) mass is 528 g/mol. The lowest BCUT2D eigenvalue weighted by Gasteiger charge is -2.31. The zero-order valence-corrected chi connectivity index (χ0v) is 18.6. The van der Waals surface area contributed by atoms with Gasteiger partial charge < -0.3 is 39.4 Å². The summed E-state index contributed by atoms with van der Waals surface area (Å²) in [5.41, 5.74) is -1.92. The van der Waals surface area contributed by atoms with E-state index in [9.17, 15) is 38.4 Å². The van der Waals surface area contributed by atoms with Gasteiger partial charge in [0.1, 0.15) is 31.8 Å². The molecular weight excluding hydrogens is 508 g/mol. The minimum atomic E-state index is -1.92. The predicted octanol–water partition coefficient (Wildman–Crippen LogP) is -1.29. The van der Waals surface area contributed by atoms with Crippen LogP contribution in [-0.2, 0) is 57.3 Å². The Hall–Kier alpha value is -5.28. The third-order valence-electron chi connectivity index (χ3n) is 3.53. The Bertz CT molecular complexity index is 864. The lowest BCUT2D eigenvalue weighted by molar-refractivity contribution is -0.165. The van der Waals surface area contributed by atoms with Crippen LogP contribution in [0.5, 0.6) is 0 Å². The first-order valence-electron chi connectivity index (χ1n) is 9.56. The highest BCUT2D eigenvalue weighted by atomic mass is 16.6. The van der Waals surface area contributed by atoms with Crippen LogP contribution in [0.1, 0.15) is 0 Å². The fourth-order valence-corrected chi connectivity index (χ4v) is 1.90. The molecule has 37 heavy (non-hydrogen) atoms. The molecule has 200 valence electrons. The van der Waals surface area contributed by atoms with Crippen molar-refractivity contribution in [1.82, 2.24) is 0 Å². The zero-order chi connectivity index (χ0) is 28.4. The third kappa shape index (κ3) is 16.9. The number of carboxylic acid groups (broad SMARTS) is 4. The largest absolute Gasteiger partial charge is 0.478 e. The smallest absolute Gasteiger partial charge is 0.331 e. The number of carbonyl (C=O) groups excluding carboxylic acids is 4. The van der Waals surface area contributed by atoms with E-state index in [1.807, 2.05) is 0 Å². The molecule has 0 bridgehead atoms. The van der Waals surface area contributed by atoms with Crippen LogP contribution in [0.15, 0.2) is 48.6 Å². The molecule has 0 radical (unpaired) electrons. The van der Waals surface area contributed by atoms with Crippen LogP contribution in [-0.4, -0.2) is 94.6 Å². The molecule has 0 aliphatic heterocycles. The average molecular weight is 528 g/mol. The number of esters is 4. The highest BCUT2D eigenvalue weighted by Crippen LogP contribution is 2.22. The molecule has 0 aliphatic rings. The van der Waals surface area contributed by atoms with Crippen molar-refractivity contribution in [2.45, 2.75) is 0 Å². The molecule has 4 N–H and O–H groups in total. The number of carbonyl (C=O) groups is 8. The Kier molecular flexibility index (Phi) is 14.0. The van der Waals surface area contributed by atoms with Crippen molar-refractivity contribution in [3.63, 3.8) is 0 Å². The van der Waals surface area contributed by atoms with Gasteiger partial charge in [-0.1, -0.05) is 0 Å². The minimum absolute atomic E-state index is 0.425. The molecule has 0 atom stereocenters. The summed E-state index contributed by atoms with van der Waals surface area (Å²) in [6, 6.07) is 0. The minimum Gasteiger partial charge on any atom is -0.478 e. The van der Waals surface area contributed by atoms with Gasteiger partial charge in [-0.15, -0.1) is 0 Å². The van der Waals surface area contributed by atoms with Crippen molar-refractivity contribution >= 4 is 47.8 Å². The first-order valence-corrected chi connectivity index (χ1v) is 9.56. The van der Waals surface area contributed by atoms with Crippen molar-refractivity contribution in [2.75, 3.05) is 26.4 Å². The third-order valence-corrected chi connectivity index (χ3v) is 3.53. The van der Waals surface area contributed by atoms with Crippen LogP contribution in [0, 0.1) is 5.41 Å². The summed E-state index contributed by atoms with van der Waals surface area (Å²) in [4.78, 5) is 89.5. The van der Waals surface area contributed by atoms with Gasteiger partial charge in [0, 0.05) is 48.6 Å². The molecule has 0 aliphatic carbocycles. The van der Waals surface area contributed by atoms with Gasteiger partial charge in [-0.25, -0.2) is 38.4 Å². The Morgan fingerprint density at radius 1 is 0.405 bits per heavy atom. The predicted molar refractivity (Wildman–Crippen MR) is 113 cm³/mol. The molecule has 16 nitrogen and oxygen atoms in total. The van der Waals surface area contributed by atoms with Gasteiger partial charge in [0.05, 0.1) is 0 Å². The molecule has 0 heterocycles. The lowest BCUT2D eigenvalue weighted by Crippen LogP contribution is -2.43. The van der Waals surface area contributed by atoms with Gasteiger partial charge in [0.25, 0.3) is 0 Å². The van der Waals surface area contributed by atoms with Crippen LogP contribution in [0.2, 0.25) is 0 Å². The van der Waals surface area contributed by atoms with E-state index >= 15 is 0 Å². The number of ether oxygens (including phenoxy) is 4. The van der Waals surface area contributed by atoms with Crippen molar-refractivity contribution in [3.8, 4) is 0 Å². The van der Waals surface area contributed by atoms with Crippen molar-refractivity contribution in [1.29, 1.82) is 0 Å². The fourth-order valence-electron chi connectivity index (χ4n) is 1.90. The van der Waals surface area contributed by atoms with Gasteiger partial charge in [0.2, 0.25) is 0 Å². The molecule has 0 fully saturated rings. The Morgan fingerprint density at radius 2 is 0.595 bits per heavy atom. The molecule has 0 saturated heterocycles. The Balaban J connectivity index is 5.96. The van der Waals surface area contributed by atoms with Gasteiger partial charge in [0.15, 0.2) is 0 Å². The van der Waals surface area contributed by atoms with Gasteiger partial charge in [-0.05, 0) is 0 Å². The summed E-state index contributed by atoms with van der Waals surface area (Å²) in [5, 5.41) is 34.3. The maximum atomic E-state index is 11.8. The van der Waals surface area contributed by atoms with E-state index in [2.05, 4.69) is 0 Å². The quantitative estimate of drug-likeness (QED) is 0.103. The molecule has 0 aromatic carbocycles. The van der Waals surface area contributed by atoms with E-state index in [1.165, 1.54) is 0 Å². The van der Waals surface area contributed by atoms with Crippen LogP contribution >= 0.6 is 0 Å². The number of carboxylic acids is 4. The maximum absolute atomic E-state index is 11.8. The second kappa shape index (κ2) is 16.4. The first-order chi connectivity index (χ1) is 17.2. The molecule has 0 saturated carbocycles. The SMILES string of the molecule is O=C(O)C=CC(=O)OCC(COC(=O)C=CC(=O)O)(COC(=O)C=CC(=O)O)COC(=O)C=CC(=O)O. The molecule has 0 unspecified atom stereocenters. The summed E-state index contributed by atoms with van der Waals surface area (Å²) in [6.07, 6.45) is 3.69. The topological polar surface area (TPSA) is 254 Å². The second-order valence-corrected chi connectivity index (χ2v) is 6.62. The maximum Gasteiger partial charge on any atom is 0.331 e. The molecule has 0 amide bonds. The number of hydrogen-bond acceptors (Lipinski definition) is 12. The van der Waals surface area contributed by atoms with Crippen LogP contribution in [0.3, 0.4) is 0 Å². The number of hydrogen-bond donors (Lipinski definition) is 4. The molecule has 0 spiro atoms. The van der Waals surface area contributed by atoms with Gasteiger partial charge in [-0.2, -0.15) is 0 Å². The van der Waals surface area contributed by atoms with Crippen LogP contribution in [0.25, 0.3) is 0 Å². The lowest BCUT2D eigenvalue weighted by atomic mass is 9.92.